The minimum atomic E-state index is -4.01. The first-order valence-electron chi connectivity index (χ1n) is 14.2. The number of nitrogens with one attached hydrogen (secondary N) is 1. The lowest BCUT2D eigenvalue weighted by molar-refractivity contribution is -0.155. The molecule has 44 heavy (non-hydrogen) atoms. The molecular formula is C28H42N5O9PS. The van der Waals surface area contributed by atoms with E-state index in [4.69, 9.17) is 30.0 Å². The summed E-state index contributed by atoms with van der Waals surface area (Å²) in [5.74, 6) is -0.651. The highest BCUT2D eigenvalue weighted by molar-refractivity contribution is 8.13. The van der Waals surface area contributed by atoms with E-state index in [1.807, 2.05) is 30.3 Å². The Kier molecular flexibility index (Phi) is 13.1. The number of hydrogen-bond donors (Lipinski definition) is 4. The van der Waals surface area contributed by atoms with E-state index in [0.29, 0.717) is 0 Å². The Hall–Kier alpha value is -2.62. The molecule has 3 rings (SSSR count). The lowest BCUT2D eigenvalue weighted by atomic mass is 9.97. The quantitative estimate of drug-likeness (QED) is 0.116. The number of benzene rings is 1. The zero-order chi connectivity index (χ0) is 32.5. The number of nitrogen functional groups attached to an aromatic ring is 1. The number of carbonyl (C=O) groups excluding carboxylic acids is 2. The van der Waals surface area contributed by atoms with E-state index in [9.17, 15) is 24.1 Å². The van der Waals surface area contributed by atoms with Crippen LogP contribution in [0.15, 0.2) is 47.4 Å². The van der Waals surface area contributed by atoms with Crippen LogP contribution >= 0.6 is 19.5 Å². The van der Waals surface area contributed by atoms with E-state index in [1.54, 1.807) is 27.7 Å². The third-order valence-corrected chi connectivity index (χ3v) is 9.60. The van der Waals surface area contributed by atoms with Gasteiger partial charge in [0.15, 0.2) is 5.12 Å². The van der Waals surface area contributed by atoms with Gasteiger partial charge in [0.05, 0.1) is 25.2 Å². The first kappa shape index (κ1) is 35.9. The summed E-state index contributed by atoms with van der Waals surface area (Å²) in [5.41, 5.74) is 10.8. The Morgan fingerprint density at radius 1 is 1.25 bits per heavy atom. The van der Waals surface area contributed by atoms with Crippen molar-refractivity contribution in [2.75, 3.05) is 31.3 Å². The molecule has 0 amide bonds. The second kappa shape index (κ2) is 16.1. The average Bonchev–Trinajstić information content (AvgIpc) is 3.39. The highest BCUT2D eigenvalue weighted by Crippen LogP contribution is 2.45. The third-order valence-electron chi connectivity index (χ3n) is 6.85. The molecule has 244 valence electrons. The summed E-state index contributed by atoms with van der Waals surface area (Å²) < 4.78 is 38.3. The molecule has 1 aliphatic heterocycles. The molecule has 14 nitrogen and oxygen atoms in total. The number of nitrogens with two attached hydrogens (primary N) is 2. The van der Waals surface area contributed by atoms with Crippen molar-refractivity contribution in [1.29, 1.82) is 0 Å². The Labute approximate surface area is 260 Å². The van der Waals surface area contributed by atoms with Gasteiger partial charge >= 0.3 is 19.4 Å². The Bertz CT molecular complexity index is 1360. The van der Waals surface area contributed by atoms with Gasteiger partial charge in [0, 0.05) is 24.9 Å². The lowest BCUT2D eigenvalue weighted by Gasteiger charge is -2.25. The van der Waals surface area contributed by atoms with Crippen LogP contribution in [-0.4, -0.2) is 69.6 Å². The van der Waals surface area contributed by atoms with Gasteiger partial charge in [-0.15, -0.1) is 0 Å². The summed E-state index contributed by atoms with van der Waals surface area (Å²) in [6.45, 7) is 6.19. The molecule has 0 spiro atoms. The van der Waals surface area contributed by atoms with Crippen LogP contribution in [0.3, 0.4) is 0 Å². The number of ether oxygens (including phenoxy) is 2. The maximum Gasteiger partial charge on any atom is 0.405 e. The predicted molar refractivity (Wildman–Crippen MR) is 165 cm³/mol. The number of carbonyl (C=O) groups is 2. The van der Waals surface area contributed by atoms with Crippen LogP contribution in [0.2, 0.25) is 0 Å². The second-order valence-electron chi connectivity index (χ2n) is 11.3. The second-order valence-corrected chi connectivity index (χ2v) is 14.2. The SMILES string of the molecule is CC(C)C(N)C(=O)OC1C[C@H](n2ccc(N)nc2=O)O[C@H]1COP(=O)(NCc1ccccc1)OCCSC(=O)C(C)(C)CO. The number of aliphatic hydroxyl groups excluding tert-OH is 1. The topological polar surface area (TPSA) is 207 Å². The molecule has 2 heterocycles. The zero-order valence-corrected chi connectivity index (χ0v) is 27.0. The Balaban J connectivity index is 1.75. The highest BCUT2D eigenvalue weighted by atomic mass is 32.2. The highest BCUT2D eigenvalue weighted by Gasteiger charge is 2.42. The van der Waals surface area contributed by atoms with Gasteiger partial charge in [-0.1, -0.05) is 55.9 Å². The van der Waals surface area contributed by atoms with Crippen LogP contribution in [0.1, 0.15) is 45.9 Å². The molecule has 5 atom stereocenters. The van der Waals surface area contributed by atoms with Crippen molar-refractivity contribution in [2.24, 2.45) is 17.1 Å². The van der Waals surface area contributed by atoms with Crippen molar-refractivity contribution in [3.8, 4) is 0 Å². The fourth-order valence-corrected chi connectivity index (χ4v) is 6.17. The van der Waals surface area contributed by atoms with Gasteiger partial charge in [-0.05, 0) is 31.4 Å². The van der Waals surface area contributed by atoms with Crippen molar-refractivity contribution in [3.05, 3.63) is 58.6 Å². The fraction of sp³-hybridized carbons (Fsp3) is 0.571. The molecule has 1 fully saturated rings. The summed E-state index contributed by atoms with van der Waals surface area (Å²) in [6, 6.07) is 9.71. The van der Waals surface area contributed by atoms with Crippen molar-refractivity contribution in [3.63, 3.8) is 0 Å². The Morgan fingerprint density at radius 3 is 2.59 bits per heavy atom. The molecule has 0 saturated carbocycles. The smallest absolute Gasteiger partial charge is 0.405 e. The van der Waals surface area contributed by atoms with Crippen molar-refractivity contribution in [1.82, 2.24) is 14.6 Å². The van der Waals surface area contributed by atoms with Crippen LogP contribution in [0.25, 0.3) is 0 Å². The first-order chi connectivity index (χ1) is 20.7. The number of hydrogen-bond acceptors (Lipinski definition) is 13. The monoisotopic (exact) mass is 655 g/mol. The van der Waals surface area contributed by atoms with Gasteiger partial charge in [-0.25, -0.2) is 14.4 Å². The molecule has 1 aromatic heterocycles. The van der Waals surface area contributed by atoms with Crippen LogP contribution in [0.5, 0.6) is 0 Å². The number of rotatable bonds is 16. The molecule has 0 radical (unpaired) electrons. The predicted octanol–water partition coefficient (Wildman–Crippen LogP) is 2.22. The molecule has 2 aromatic rings. The van der Waals surface area contributed by atoms with Crippen LogP contribution in [0.4, 0.5) is 5.82 Å². The zero-order valence-electron chi connectivity index (χ0n) is 25.3. The van der Waals surface area contributed by atoms with Crippen LogP contribution < -0.4 is 22.2 Å². The van der Waals surface area contributed by atoms with E-state index in [0.717, 1.165) is 17.3 Å². The molecule has 1 aliphatic rings. The van der Waals surface area contributed by atoms with Crippen LogP contribution in [0, 0.1) is 11.3 Å². The normalized spacial score (nSPS) is 20.8. The van der Waals surface area contributed by atoms with Gasteiger partial charge in [0.2, 0.25) is 0 Å². The summed E-state index contributed by atoms with van der Waals surface area (Å²) in [5, 5.41) is 12.0. The van der Waals surface area contributed by atoms with Gasteiger partial charge in [0.25, 0.3) is 0 Å². The molecule has 0 aliphatic carbocycles. The Morgan fingerprint density at radius 2 is 1.95 bits per heavy atom. The molecule has 0 bridgehead atoms. The largest absolute Gasteiger partial charge is 0.458 e. The number of thioether (sulfide) groups is 1. The van der Waals surface area contributed by atoms with Gasteiger partial charge in [-0.3, -0.25) is 23.2 Å². The summed E-state index contributed by atoms with van der Waals surface area (Å²) >= 11 is 0.949. The fourth-order valence-electron chi connectivity index (χ4n) is 3.93. The average molecular weight is 656 g/mol. The van der Waals surface area contributed by atoms with Crippen molar-refractivity contribution < 1.29 is 37.8 Å². The summed E-state index contributed by atoms with van der Waals surface area (Å²) in [4.78, 5) is 41.3. The maximum atomic E-state index is 13.9. The van der Waals surface area contributed by atoms with E-state index < -0.39 is 49.3 Å². The van der Waals surface area contributed by atoms with Gasteiger partial charge < -0.3 is 26.0 Å². The first-order valence-corrected chi connectivity index (χ1v) is 16.7. The number of esters is 1. The molecular weight excluding hydrogens is 613 g/mol. The van der Waals surface area contributed by atoms with E-state index in [2.05, 4.69) is 10.1 Å². The van der Waals surface area contributed by atoms with Crippen LogP contribution in [-0.2, 0) is 39.2 Å². The summed E-state index contributed by atoms with van der Waals surface area (Å²) in [7, 11) is -4.01. The third kappa shape index (κ3) is 10.2. The minimum Gasteiger partial charge on any atom is -0.458 e. The lowest BCUT2D eigenvalue weighted by Crippen LogP contribution is -2.41. The molecule has 1 aromatic carbocycles. The van der Waals surface area contributed by atoms with E-state index in [1.165, 1.54) is 16.8 Å². The number of aromatic nitrogens is 2. The molecule has 3 unspecified atom stereocenters. The molecule has 1 saturated heterocycles. The van der Waals surface area contributed by atoms with E-state index >= 15 is 0 Å². The summed E-state index contributed by atoms with van der Waals surface area (Å²) in [6.07, 6.45) is -1.25. The maximum absolute atomic E-state index is 13.9. The molecule has 6 N–H and O–H groups in total. The van der Waals surface area contributed by atoms with Gasteiger partial charge in [-0.2, -0.15) is 4.98 Å². The molecule has 16 heteroatoms. The number of nitrogens with zero attached hydrogens (tertiary/aromatic N) is 2. The number of anilines is 1. The minimum absolute atomic E-state index is 0.0392. The van der Waals surface area contributed by atoms with E-state index in [-0.39, 0.29) is 55.4 Å². The van der Waals surface area contributed by atoms with Crippen molar-refractivity contribution in [2.45, 2.75) is 65.1 Å². The van der Waals surface area contributed by atoms with Crippen molar-refractivity contribution >= 4 is 36.4 Å². The standard InChI is InChI=1S/C28H42N5O9PS/c1-18(2)24(30)25(35)42-20-14-23(33-11-10-22(29)32-27(33)37)41-21(20)16-40-43(38,31-15-19-8-6-5-7-9-19)39-12-13-44-26(36)28(3,4)17-34/h5-11,18,20-21,23-24,34H,12-17,30H2,1-4H3,(H,31,38)(H2,29,32,37)/t20?,21-,23+,24?,43?/m0/s1. The number of aliphatic hydroxyl groups is 1. The van der Waals surface area contributed by atoms with Gasteiger partial charge in [0.1, 0.15) is 30.3 Å².